The largest absolute Gasteiger partial charge is 0.489 e. The minimum atomic E-state index is -0.443. The summed E-state index contributed by atoms with van der Waals surface area (Å²) < 4.78 is 8.09. The summed E-state index contributed by atoms with van der Waals surface area (Å²) in [7, 11) is 2.05. The van der Waals surface area contributed by atoms with Crippen molar-refractivity contribution in [3.05, 3.63) is 83.4 Å². The van der Waals surface area contributed by atoms with Gasteiger partial charge in [-0.15, -0.1) is 0 Å². The fraction of sp³-hybridized carbons (Fsp3) is 0.348. The van der Waals surface area contributed by atoms with Crippen molar-refractivity contribution in [1.82, 2.24) is 14.5 Å². The normalized spacial score (nSPS) is 21.6. The summed E-state index contributed by atoms with van der Waals surface area (Å²) in [5.41, 5.74) is 2.14. The summed E-state index contributed by atoms with van der Waals surface area (Å²) in [6, 6.07) is 16.0. The monoisotopic (exact) mass is 411 g/mol. The van der Waals surface area contributed by atoms with Crippen LogP contribution in [0, 0.1) is 0 Å². The lowest BCUT2D eigenvalue weighted by molar-refractivity contribution is 0.0569. The number of rotatable bonds is 7. The Morgan fingerprint density at radius 1 is 1.21 bits per heavy atom. The van der Waals surface area contributed by atoms with Gasteiger partial charge < -0.3 is 14.4 Å². The minimum Gasteiger partial charge on any atom is -0.489 e. The number of hydrogen-bond acceptors (Lipinski definition) is 4. The Morgan fingerprint density at radius 2 is 2.03 bits per heavy atom. The molecule has 1 heterocycles. The van der Waals surface area contributed by atoms with Gasteiger partial charge in [-0.1, -0.05) is 41.9 Å². The summed E-state index contributed by atoms with van der Waals surface area (Å²) in [6.45, 7) is 1.16. The SMILES string of the molecule is CN(Cc1cc(Cl)ccc1OCc1ccccc1)[C@@H]1CC[C@@H](n2ccnc2)[C@@H]1O. The van der Waals surface area contributed by atoms with E-state index >= 15 is 0 Å². The van der Waals surface area contributed by atoms with E-state index in [2.05, 4.69) is 9.88 Å². The van der Waals surface area contributed by atoms with Gasteiger partial charge in [-0.05, 0) is 43.7 Å². The lowest BCUT2D eigenvalue weighted by atomic mass is 10.1. The number of likely N-dealkylation sites (N-methyl/N-ethyl adjacent to an activating group) is 1. The Kier molecular flexibility index (Phi) is 6.19. The van der Waals surface area contributed by atoms with Crippen molar-refractivity contribution in [1.29, 1.82) is 0 Å². The highest BCUT2D eigenvalue weighted by molar-refractivity contribution is 6.30. The molecule has 6 heteroatoms. The van der Waals surface area contributed by atoms with Crippen molar-refractivity contribution >= 4 is 11.6 Å². The minimum absolute atomic E-state index is 0.0677. The van der Waals surface area contributed by atoms with Crippen molar-refractivity contribution in [2.75, 3.05) is 7.05 Å². The van der Waals surface area contributed by atoms with Crippen LogP contribution in [0.4, 0.5) is 0 Å². The first-order valence-electron chi connectivity index (χ1n) is 9.92. The number of halogens is 1. The van der Waals surface area contributed by atoms with Crippen LogP contribution in [0.2, 0.25) is 5.02 Å². The van der Waals surface area contributed by atoms with Gasteiger partial charge in [0.25, 0.3) is 0 Å². The molecule has 0 amide bonds. The maximum atomic E-state index is 10.9. The zero-order valence-corrected chi connectivity index (χ0v) is 17.2. The number of ether oxygens (including phenoxy) is 1. The van der Waals surface area contributed by atoms with Crippen LogP contribution in [0.5, 0.6) is 5.75 Å². The van der Waals surface area contributed by atoms with Gasteiger partial charge in [0.15, 0.2) is 0 Å². The smallest absolute Gasteiger partial charge is 0.124 e. The summed E-state index contributed by atoms with van der Waals surface area (Å²) in [4.78, 5) is 6.31. The van der Waals surface area contributed by atoms with Gasteiger partial charge in [0, 0.05) is 35.6 Å². The molecule has 5 nitrogen and oxygen atoms in total. The predicted octanol–water partition coefficient (Wildman–Crippen LogP) is 4.31. The van der Waals surface area contributed by atoms with Crippen LogP contribution in [0.25, 0.3) is 0 Å². The maximum Gasteiger partial charge on any atom is 0.124 e. The molecule has 0 aliphatic heterocycles. The average Bonchev–Trinajstić information content (AvgIpc) is 3.37. The van der Waals surface area contributed by atoms with Gasteiger partial charge in [0.05, 0.1) is 18.5 Å². The van der Waals surface area contributed by atoms with E-state index in [-0.39, 0.29) is 12.1 Å². The van der Waals surface area contributed by atoms with Crippen LogP contribution in [0.15, 0.2) is 67.3 Å². The molecule has 1 saturated carbocycles. The van der Waals surface area contributed by atoms with Crippen molar-refractivity contribution in [2.24, 2.45) is 0 Å². The van der Waals surface area contributed by atoms with E-state index in [4.69, 9.17) is 16.3 Å². The molecule has 0 bridgehead atoms. The molecular formula is C23H26ClN3O2. The molecule has 3 aromatic rings. The molecule has 1 N–H and O–H groups in total. The number of aliphatic hydroxyl groups excluding tert-OH is 1. The second-order valence-electron chi connectivity index (χ2n) is 7.65. The molecule has 0 radical (unpaired) electrons. The number of aliphatic hydroxyl groups is 1. The molecule has 152 valence electrons. The lowest BCUT2D eigenvalue weighted by Crippen LogP contribution is -2.39. The van der Waals surface area contributed by atoms with E-state index in [0.717, 1.165) is 29.7 Å². The van der Waals surface area contributed by atoms with Crippen LogP contribution >= 0.6 is 11.6 Å². The number of imidazole rings is 1. The summed E-state index contributed by atoms with van der Waals surface area (Å²) >= 11 is 6.26. The summed E-state index contributed by atoms with van der Waals surface area (Å²) in [5, 5.41) is 11.6. The highest BCUT2D eigenvalue weighted by Crippen LogP contribution is 2.34. The second kappa shape index (κ2) is 8.99. The molecule has 0 saturated heterocycles. The molecular weight excluding hydrogens is 386 g/mol. The Bertz CT molecular complexity index is 917. The number of benzene rings is 2. The quantitative estimate of drug-likeness (QED) is 0.629. The van der Waals surface area contributed by atoms with Gasteiger partial charge in [-0.25, -0.2) is 4.98 Å². The van der Waals surface area contributed by atoms with Crippen molar-refractivity contribution < 1.29 is 9.84 Å². The van der Waals surface area contributed by atoms with Gasteiger partial charge in [-0.3, -0.25) is 4.90 Å². The molecule has 0 unspecified atom stereocenters. The highest BCUT2D eigenvalue weighted by atomic mass is 35.5. The Balaban J connectivity index is 1.45. The van der Waals surface area contributed by atoms with E-state index in [0.29, 0.717) is 18.2 Å². The van der Waals surface area contributed by atoms with E-state index in [1.165, 1.54) is 0 Å². The third-order valence-electron chi connectivity index (χ3n) is 5.70. The van der Waals surface area contributed by atoms with Crippen LogP contribution < -0.4 is 4.74 Å². The number of nitrogens with zero attached hydrogens (tertiary/aromatic N) is 3. The Hall–Kier alpha value is -2.34. The molecule has 1 aliphatic rings. The zero-order valence-electron chi connectivity index (χ0n) is 16.5. The molecule has 2 aromatic carbocycles. The molecule has 4 rings (SSSR count). The fourth-order valence-electron chi connectivity index (χ4n) is 4.15. The second-order valence-corrected chi connectivity index (χ2v) is 8.09. The van der Waals surface area contributed by atoms with Crippen molar-refractivity contribution in [3.8, 4) is 5.75 Å². The first-order chi connectivity index (χ1) is 14.1. The molecule has 1 aliphatic carbocycles. The molecule has 29 heavy (non-hydrogen) atoms. The third kappa shape index (κ3) is 4.64. The van der Waals surface area contributed by atoms with E-state index < -0.39 is 6.10 Å². The first kappa shape index (κ1) is 20.0. The average molecular weight is 412 g/mol. The van der Waals surface area contributed by atoms with Gasteiger partial charge in [0.2, 0.25) is 0 Å². The summed E-state index contributed by atoms with van der Waals surface area (Å²) in [6.07, 6.45) is 6.88. The van der Waals surface area contributed by atoms with Gasteiger partial charge in [0.1, 0.15) is 12.4 Å². The molecule has 3 atom stereocenters. The third-order valence-corrected chi connectivity index (χ3v) is 5.94. The molecule has 1 aromatic heterocycles. The number of aromatic nitrogens is 2. The Morgan fingerprint density at radius 3 is 2.79 bits per heavy atom. The zero-order chi connectivity index (χ0) is 20.2. The van der Waals surface area contributed by atoms with Crippen LogP contribution in [0.3, 0.4) is 0 Å². The van der Waals surface area contributed by atoms with Gasteiger partial charge in [-0.2, -0.15) is 0 Å². The van der Waals surface area contributed by atoms with Crippen LogP contribution in [-0.2, 0) is 13.2 Å². The standard InChI is InChI=1S/C23H26ClN3O2/c1-26(20-8-9-21(23(20)28)27-12-11-25-16-27)14-18-13-19(24)7-10-22(18)29-15-17-5-3-2-4-6-17/h2-7,10-13,16,20-21,23,28H,8-9,14-15H2,1H3/t20-,21-,23-/m1/s1. The summed E-state index contributed by atoms with van der Waals surface area (Å²) in [5.74, 6) is 0.823. The topological polar surface area (TPSA) is 50.5 Å². The first-order valence-corrected chi connectivity index (χ1v) is 10.3. The predicted molar refractivity (Wildman–Crippen MR) is 114 cm³/mol. The lowest BCUT2D eigenvalue weighted by Gasteiger charge is -2.29. The Labute approximate surface area is 176 Å². The molecule has 1 fully saturated rings. The van der Waals surface area contributed by atoms with E-state index in [1.54, 1.807) is 12.5 Å². The highest BCUT2D eigenvalue weighted by Gasteiger charge is 2.38. The molecule has 0 spiro atoms. The van der Waals surface area contributed by atoms with Crippen molar-refractivity contribution in [3.63, 3.8) is 0 Å². The van der Waals surface area contributed by atoms with E-state index in [9.17, 15) is 5.11 Å². The van der Waals surface area contributed by atoms with Crippen molar-refractivity contribution in [2.45, 2.75) is 44.2 Å². The van der Waals surface area contributed by atoms with Gasteiger partial charge >= 0.3 is 0 Å². The van der Waals surface area contributed by atoms with Crippen LogP contribution in [-0.4, -0.2) is 38.8 Å². The van der Waals surface area contributed by atoms with Crippen LogP contribution in [0.1, 0.15) is 30.0 Å². The maximum absolute atomic E-state index is 10.9. The number of hydrogen-bond donors (Lipinski definition) is 1. The fourth-order valence-corrected chi connectivity index (χ4v) is 4.34. The van der Waals surface area contributed by atoms with E-state index in [1.807, 2.05) is 66.3 Å².